The lowest BCUT2D eigenvalue weighted by Gasteiger charge is -2.33. The average Bonchev–Trinajstić information content (AvgIpc) is 3.62. The maximum absolute atomic E-state index is 13.6. The number of hydrogen-bond acceptors (Lipinski definition) is 6. The van der Waals surface area contributed by atoms with Crippen molar-refractivity contribution in [3.63, 3.8) is 0 Å². The number of benzene rings is 3. The Labute approximate surface area is 237 Å². The van der Waals surface area contributed by atoms with Crippen molar-refractivity contribution in [1.29, 1.82) is 0 Å². The van der Waals surface area contributed by atoms with Gasteiger partial charge in [0, 0.05) is 35.1 Å². The predicted molar refractivity (Wildman–Crippen MR) is 157 cm³/mol. The summed E-state index contributed by atoms with van der Waals surface area (Å²) in [5.74, 6) is 0.354. The molecule has 1 aromatic heterocycles. The van der Waals surface area contributed by atoms with Gasteiger partial charge in [-0.3, -0.25) is 9.59 Å². The van der Waals surface area contributed by atoms with Crippen LogP contribution in [0.25, 0.3) is 10.8 Å². The summed E-state index contributed by atoms with van der Waals surface area (Å²) in [5.41, 5.74) is 3.06. The molecule has 2 aliphatic heterocycles. The fourth-order valence-electron chi connectivity index (χ4n) is 5.61. The Bertz CT molecular complexity index is 1680. The maximum Gasteiger partial charge on any atom is 0.259 e. The van der Waals surface area contributed by atoms with E-state index in [1.165, 1.54) is 4.31 Å². The van der Waals surface area contributed by atoms with E-state index in [0.717, 1.165) is 45.5 Å². The first kappa shape index (κ1) is 26.5. The number of carbonyl (C=O) groups excluding carboxylic acids is 2. The molecule has 10 heteroatoms. The molecule has 0 spiro atoms. The van der Waals surface area contributed by atoms with Gasteiger partial charge in [0.15, 0.2) is 0 Å². The van der Waals surface area contributed by atoms with Gasteiger partial charge >= 0.3 is 0 Å². The Morgan fingerprint density at radius 2 is 1.88 bits per heavy atom. The minimum Gasteiger partial charge on any atom is -0.497 e. The lowest BCUT2D eigenvalue weighted by molar-refractivity contribution is -0.120. The van der Waals surface area contributed by atoms with Crippen LogP contribution >= 0.6 is 11.3 Å². The van der Waals surface area contributed by atoms with Gasteiger partial charge in [-0.2, -0.15) is 4.31 Å². The molecule has 1 N–H and O–H groups in total. The van der Waals surface area contributed by atoms with E-state index < -0.39 is 16.1 Å². The molecule has 1 unspecified atom stereocenters. The number of methoxy groups -OCH3 is 1. The van der Waals surface area contributed by atoms with Gasteiger partial charge in [-0.05, 0) is 66.6 Å². The van der Waals surface area contributed by atoms with E-state index in [-0.39, 0.29) is 16.0 Å². The monoisotopic (exact) mass is 575 g/mol. The molecule has 0 bridgehead atoms. The van der Waals surface area contributed by atoms with Gasteiger partial charge < -0.3 is 15.0 Å². The van der Waals surface area contributed by atoms with Gasteiger partial charge in [0.2, 0.25) is 5.91 Å². The van der Waals surface area contributed by atoms with Crippen molar-refractivity contribution < 1.29 is 22.7 Å². The number of amides is 2. The van der Waals surface area contributed by atoms with Crippen LogP contribution in [0.15, 0.2) is 76.3 Å². The summed E-state index contributed by atoms with van der Waals surface area (Å²) in [4.78, 5) is 28.7. The topological polar surface area (TPSA) is 96.0 Å². The molecule has 40 heavy (non-hydrogen) atoms. The zero-order valence-corrected chi connectivity index (χ0v) is 23.6. The number of nitrogens with zero attached hydrogens (tertiary/aromatic N) is 2. The van der Waals surface area contributed by atoms with Crippen LogP contribution in [0.3, 0.4) is 0 Å². The Morgan fingerprint density at radius 1 is 1.05 bits per heavy atom. The van der Waals surface area contributed by atoms with E-state index in [2.05, 4.69) is 5.32 Å². The molecule has 2 aliphatic rings. The fourth-order valence-corrected chi connectivity index (χ4v) is 8.38. The maximum atomic E-state index is 13.6. The van der Waals surface area contributed by atoms with Crippen molar-refractivity contribution in [3.8, 4) is 5.75 Å². The number of sulfonamides is 1. The molecule has 1 atom stereocenters. The first-order chi connectivity index (χ1) is 19.4. The first-order valence-corrected chi connectivity index (χ1v) is 15.6. The number of thiophene rings is 1. The van der Waals surface area contributed by atoms with Crippen LogP contribution in [0, 0.1) is 0 Å². The minimum absolute atomic E-state index is 0.0712. The molecule has 1 saturated heterocycles. The summed E-state index contributed by atoms with van der Waals surface area (Å²) in [6.07, 6.45) is 2.62. The minimum atomic E-state index is -3.77. The molecule has 3 heterocycles. The van der Waals surface area contributed by atoms with Crippen LogP contribution < -0.4 is 15.0 Å². The lowest BCUT2D eigenvalue weighted by Crippen LogP contribution is -2.49. The highest BCUT2D eigenvalue weighted by atomic mass is 32.2. The van der Waals surface area contributed by atoms with Crippen LogP contribution in [0.2, 0.25) is 0 Å². The standard InChI is InChI=1S/C30H29N3O5S2/c1-38-21-12-10-20(11-13-21)16-18-32-25-15-14-24(22-6-4-7-23(28(22)25)30(32)35)31-29(34)26-8-2-3-17-33(26)40(36,37)27-9-5-19-39-27/h4-7,9-15,19,26H,2-3,8,16-18H2,1H3,(H,31,34). The van der Waals surface area contributed by atoms with E-state index in [0.29, 0.717) is 43.6 Å². The average molecular weight is 576 g/mol. The molecule has 4 aromatic rings. The van der Waals surface area contributed by atoms with Gasteiger partial charge in [0.25, 0.3) is 15.9 Å². The fraction of sp³-hybridized carbons (Fsp3) is 0.267. The van der Waals surface area contributed by atoms with E-state index in [4.69, 9.17) is 4.74 Å². The second-order valence-electron chi connectivity index (χ2n) is 9.96. The van der Waals surface area contributed by atoms with E-state index in [1.54, 1.807) is 35.6 Å². The molecule has 0 saturated carbocycles. The highest BCUT2D eigenvalue weighted by Crippen LogP contribution is 2.41. The smallest absolute Gasteiger partial charge is 0.259 e. The lowest BCUT2D eigenvalue weighted by atomic mass is 10.0. The number of piperidine rings is 1. The summed E-state index contributed by atoms with van der Waals surface area (Å²) in [6, 6.07) is 19.5. The third-order valence-corrected chi connectivity index (χ3v) is 10.9. The van der Waals surface area contributed by atoms with Gasteiger partial charge in [0.1, 0.15) is 16.0 Å². The molecule has 0 aliphatic carbocycles. The predicted octanol–water partition coefficient (Wildman–Crippen LogP) is 5.29. The summed E-state index contributed by atoms with van der Waals surface area (Å²) in [7, 11) is -2.14. The number of carbonyl (C=O) groups is 2. The third kappa shape index (κ3) is 4.66. The number of nitrogens with one attached hydrogen (secondary N) is 1. The molecular weight excluding hydrogens is 546 g/mol. The Hall–Kier alpha value is -3.73. The van der Waals surface area contributed by atoms with Crippen LogP contribution in [-0.2, 0) is 21.2 Å². The molecular formula is C30H29N3O5S2. The SMILES string of the molecule is COc1ccc(CCN2C(=O)c3cccc4c(NC(=O)C5CCCCN5S(=O)(=O)c5cccs5)ccc2c34)cc1. The molecule has 3 aromatic carbocycles. The molecule has 8 nitrogen and oxygen atoms in total. The van der Waals surface area contributed by atoms with Crippen molar-refractivity contribution >= 4 is 55.3 Å². The first-order valence-electron chi connectivity index (χ1n) is 13.3. The van der Waals surface area contributed by atoms with Gasteiger partial charge in [-0.15, -0.1) is 11.3 Å². The zero-order chi connectivity index (χ0) is 27.9. The molecule has 0 radical (unpaired) electrons. The van der Waals surface area contributed by atoms with Gasteiger partial charge in [0.05, 0.1) is 12.8 Å². The quantitative estimate of drug-likeness (QED) is 0.308. The Balaban J connectivity index is 1.26. The normalized spacial score (nSPS) is 17.4. The summed E-state index contributed by atoms with van der Waals surface area (Å²) in [6.45, 7) is 0.818. The molecule has 206 valence electrons. The van der Waals surface area contributed by atoms with E-state index >= 15 is 0 Å². The molecule has 6 rings (SSSR count). The number of ether oxygens (including phenoxy) is 1. The highest BCUT2D eigenvalue weighted by molar-refractivity contribution is 7.91. The molecule has 1 fully saturated rings. The van der Waals surface area contributed by atoms with Crippen LogP contribution in [0.4, 0.5) is 11.4 Å². The second kappa shape index (κ2) is 10.7. The van der Waals surface area contributed by atoms with Crippen molar-refractivity contribution in [2.75, 3.05) is 30.4 Å². The van der Waals surface area contributed by atoms with Crippen LogP contribution in [0.1, 0.15) is 35.2 Å². The van der Waals surface area contributed by atoms with Gasteiger partial charge in [-0.25, -0.2) is 8.42 Å². The molecule has 2 amide bonds. The Kier molecular flexibility index (Phi) is 7.07. The van der Waals surface area contributed by atoms with Crippen molar-refractivity contribution in [1.82, 2.24) is 4.31 Å². The second-order valence-corrected chi connectivity index (χ2v) is 13.0. The van der Waals surface area contributed by atoms with Gasteiger partial charge in [-0.1, -0.05) is 36.8 Å². The summed E-state index contributed by atoms with van der Waals surface area (Å²) >= 11 is 1.15. The number of hydrogen-bond donors (Lipinski definition) is 1. The van der Waals surface area contributed by atoms with Crippen molar-refractivity contribution in [3.05, 3.63) is 83.2 Å². The highest BCUT2D eigenvalue weighted by Gasteiger charge is 2.38. The van der Waals surface area contributed by atoms with Crippen molar-refractivity contribution in [2.45, 2.75) is 35.9 Å². The van der Waals surface area contributed by atoms with Crippen LogP contribution in [-0.4, -0.2) is 50.8 Å². The van der Waals surface area contributed by atoms with E-state index in [1.807, 2.05) is 48.5 Å². The number of rotatable bonds is 8. The van der Waals surface area contributed by atoms with Crippen LogP contribution in [0.5, 0.6) is 5.75 Å². The Morgan fingerprint density at radius 3 is 2.62 bits per heavy atom. The van der Waals surface area contributed by atoms with Crippen molar-refractivity contribution in [2.24, 2.45) is 0 Å². The van der Waals surface area contributed by atoms with E-state index in [9.17, 15) is 18.0 Å². The zero-order valence-electron chi connectivity index (χ0n) is 22.0. The number of anilines is 2. The largest absolute Gasteiger partial charge is 0.497 e. The summed E-state index contributed by atoms with van der Waals surface area (Å²) < 4.78 is 33.4. The third-order valence-electron chi connectivity index (χ3n) is 7.64. The summed E-state index contributed by atoms with van der Waals surface area (Å²) in [5, 5.41) is 6.28.